The standard InChI is InChI=1S/C48H55N9O6S/c1-7-9-41(47(59)49-8-2)57-48(60)39-26-37(15-14-35(39)28-51-57)50-20-21-61-22-23-62-24-25-63-38-18-16-36(17-19-38)52-43(58)27-40-46-55-54-33(6)56(46)29-42-44(31(4)32(5)64-42)45(53-40)34-12-10-30(3)11-13-34/h8,10-19,26,28,40-41,50H,2,7,9,20-25,27,29H2,1,3-6H3,(H,49,59)(H,52,58)/t40-,41?/m0/s1. The van der Waals surface area contributed by atoms with E-state index >= 15 is 0 Å². The molecule has 15 nitrogen and oxygen atoms in total. The summed E-state index contributed by atoms with van der Waals surface area (Å²) in [5.41, 5.74) is 6.43. The molecule has 0 bridgehead atoms. The Morgan fingerprint density at radius 1 is 0.938 bits per heavy atom. The van der Waals surface area contributed by atoms with Crippen molar-refractivity contribution >= 4 is 51.0 Å². The summed E-state index contributed by atoms with van der Waals surface area (Å²) in [7, 11) is 0. The van der Waals surface area contributed by atoms with Gasteiger partial charge in [0.15, 0.2) is 5.82 Å². The van der Waals surface area contributed by atoms with Gasteiger partial charge in [0.05, 0.1) is 56.7 Å². The lowest BCUT2D eigenvalue weighted by atomic mass is 9.96. The Kier molecular flexibility index (Phi) is 15.1. The van der Waals surface area contributed by atoms with Gasteiger partial charge >= 0.3 is 0 Å². The molecule has 0 radical (unpaired) electrons. The molecule has 2 amide bonds. The van der Waals surface area contributed by atoms with Gasteiger partial charge in [-0.15, -0.1) is 21.5 Å². The van der Waals surface area contributed by atoms with E-state index in [1.165, 1.54) is 26.2 Å². The highest BCUT2D eigenvalue weighted by Crippen LogP contribution is 2.36. The molecule has 1 unspecified atom stereocenters. The molecule has 0 spiro atoms. The number of thiophene rings is 1. The molecule has 0 fully saturated rings. The number of aromatic nitrogens is 5. The molecule has 4 heterocycles. The summed E-state index contributed by atoms with van der Waals surface area (Å²) in [6, 6.07) is 19.8. The molecule has 2 atom stereocenters. The second kappa shape index (κ2) is 21.3. The predicted octanol–water partition coefficient (Wildman–Crippen LogP) is 7.38. The number of benzene rings is 3. The molecule has 7 rings (SSSR count). The van der Waals surface area contributed by atoms with Crippen LogP contribution >= 0.6 is 11.3 Å². The van der Waals surface area contributed by atoms with Crippen LogP contribution in [0.4, 0.5) is 11.4 Å². The van der Waals surface area contributed by atoms with E-state index < -0.39 is 12.1 Å². The first-order chi connectivity index (χ1) is 31.0. The van der Waals surface area contributed by atoms with Crippen LogP contribution in [0.15, 0.2) is 95.5 Å². The summed E-state index contributed by atoms with van der Waals surface area (Å²) in [6.07, 6.45) is 4.18. The summed E-state index contributed by atoms with van der Waals surface area (Å²) >= 11 is 1.77. The van der Waals surface area contributed by atoms with Gasteiger partial charge in [-0.25, -0.2) is 4.68 Å². The molecule has 16 heteroatoms. The Morgan fingerprint density at radius 3 is 2.42 bits per heavy atom. The van der Waals surface area contributed by atoms with Crippen LogP contribution in [0.3, 0.4) is 0 Å². The van der Waals surface area contributed by atoms with E-state index in [0.717, 1.165) is 33.9 Å². The van der Waals surface area contributed by atoms with Crippen LogP contribution in [-0.4, -0.2) is 81.7 Å². The Balaban J connectivity index is 0.846. The number of hydrogen-bond acceptors (Lipinski definition) is 12. The van der Waals surface area contributed by atoms with E-state index in [1.807, 2.05) is 50.2 Å². The first-order valence-corrected chi connectivity index (χ1v) is 22.3. The van der Waals surface area contributed by atoms with E-state index in [-0.39, 0.29) is 23.8 Å². The lowest BCUT2D eigenvalue weighted by Crippen LogP contribution is -2.36. The summed E-state index contributed by atoms with van der Waals surface area (Å²) in [5.74, 6) is 1.59. The molecule has 0 saturated carbocycles. The smallest absolute Gasteiger partial charge is 0.275 e. The molecule has 3 aromatic carbocycles. The van der Waals surface area contributed by atoms with Crippen molar-refractivity contribution in [3.63, 3.8) is 0 Å². The SMILES string of the molecule is C=CNC(=O)C(CCC)n1ncc2ccc(NCCOCCOCCOc3ccc(NC(=O)C[C@@H]4N=C(c5ccc(C)cc5)c5c(sc(C)c5C)Cn5c(C)nnc54)cc3)cc2c1=O. The molecule has 0 saturated heterocycles. The average molecular weight is 886 g/mol. The van der Waals surface area contributed by atoms with Gasteiger partial charge in [-0.1, -0.05) is 55.8 Å². The predicted molar refractivity (Wildman–Crippen MR) is 251 cm³/mol. The van der Waals surface area contributed by atoms with Crippen molar-refractivity contribution in [1.29, 1.82) is 0 Å². The van der Waals surface area contributed by atoms with Crippen molar-refractivity contribution in [2.24, 2.45) is 4.99 Å². The number of fused-ring (bicyclic) bond motifs is 3. The molecular formula is C48H55N9O6S. The van der Waals surface area contributed by atoms with E-state index in [0.29, 0.717) is 87.0 Å². The first kappa shape index (κ1) is 45.5. The fourth-order valence-corrected chi connectivity index (χ4v) is 8.77. The third kappa shape index (κ3) is 10.8. The monoisotopic (exact) mass is 885 g/mol. The van der Waals surface area contributed by atoms with Crippen molar-refractivity contribution < 1.29 is 23.8 Å². The zero-order valence-electron chi connectivity index (χ0n) is 37.0. The van der Waals surface area contributed by atoms with Crippen molar-refractivity contribution in [2.45, 2.75) is 72.5 Å². The van der Waals surface area contributed by atoms with Gasteiger partial charge in [0.2, 0.25) is 11.8 Å². The number of ether oxygens (including phenoxy) is 3. The van der Waals surface area contributed by atoms with Crippen LogP contribution in [0.25, 0.3) is 10.8 Å². The molecule has 334 valence electrons. The third-order valence-corrected chi connectivity index (χ3v) is 12.2. The van der Waals surface area contributed by atoms with Gasteiger partial charge in [0.25, 0.3) is 5.56 Å². The maximum Gasteiger partial charge on any atom is 0.275 e. The molecule has 1 aliphatic heterocycles. The summed E-state index contributed by atoms with van der Waals surface area (Å²) in [6.45, 7) is 16.9. The fourth-order valence-electron chi connectivity index (χ4n) is 7.60. The van der Waals surface area contributed by atoms with Crippen LogP contribution in [0.5, 0.6) is 5.75 Å². The quantitative estimate of drug-likeness (QED) is 0.0657. The third-order valence-electron chi connectivity index (χ3n) is 11.0. The number of carbonyl (C=O) groups excluding carboxylic acids is 2. The molecular weight excluding hydrogens is 831 g/mol. The highest BCUT2D eigenvalue weighted by atomic mass is 32.1. The minimum atomic E-state index is -0.726. The molecule has 1 aliphatic rings. The lowest BCUT2D eigenvalue weighted by molar-refractivity contribution is -0.124. The highest BCUT2D eigenvalue weighted by Gasteiger charge is 2.30. The van der Waals surface area contributed by atoms with E-state index in [4.69, 9.17) is 19.2 Å². The van der Waals surface area contributed by atoms with Crippen LogP contribution in [0, 0.1) is 27.7 Å². The lowest BCUT2D eigenvalue weighted by Gasteiger charge is -2.21. The minimum absolute atomic E-state index is 0.0899. The van der Waals surface area contributed by atoms with Crippen LogP contribution in [0.1, 0.15) is 81.9 Å². The molecule has 64 heavy (non-hydrogen) atoms. The van der Waals surface area contributed by atoms with Crippen molar-refractivity contribution in [3.05, 3.63) is 140 Å². The number of carbonyl (C=O) groups is 2. The zero-order chi connectivity index (χ0) is 45.2. The van der Waals surface area contributed by atoms with E-state index in [2.05, 4.69) is 87.4 Å². The molecule has 3 aromatic heterocycles. The average Bonchev–Trinajstić information content (AvgIpc) is 3.78. The van der Waals surface area contributed by atoms with Gasteiger partial charge in [0, 0.05) is 44.2 Å². The second-order valence-corrected chi connectivity index (χ2v) is 16.9. The van der Waals surface area contributed by atoms with Gasteiger partial charge in [0.1, 0.15) is 30.3 Å². The fraction of sp³-hybridized carbons (Fsp3) is 0.354. The molecule has 0 aliphatic carbocycles. The molecule has 6 aromatic rings. The van der Waals surface area contributed by atoms with Gasteiger partial charge in [-0.05, 0) is 82.3 Å². The topological polar surface area (TPSA) is 176 Å². The van der Waals surface area contributed by atoms with Crippen LogP contribution < -0.4 is 26.2 Å². The van der Waals surface area contributed by atoms with Crippen LogP contribution in [-0.2, 0) is 25.6 Å². The van der Waals surface area contributed by atoms with Crippen molar-refractivity contribution in [2.75, 3.05) is 50.2 Å². The largest absolute Gasteiger partial charge is 0.491 e. The first-order valence-electron chi connectivity index (χ1n) is 21.5. The Labute approximate surface area is 376 Å². The summed E-state index contributed by atoms with van der Waals surface area (Å²) in [5, 5.41) is 23.3. The second-order valence-electron chi connectivity index (χ2n) is 15.6. The summed E-state index contributed by atoms with van der Waals surface area (Å²) < 4.78 is 20.6. The Hall–Kier alpha value is -6.49. The maximum absolute atomic E-state index is 13.6. The van der Waals surface area contributed by atoms with Crippen LogP contribution in [0.2, 0.25) is 0 Å². The van der Waals surface area contributed by atoms with Crippen molar-refractivity contribution in [1.82, 2.24) is 29.9 Å². The maximum atomic E-state index is 13.6. The number of nitrogens with one attached hydrogen (secondary N) is 3. The number of amides is 2. The normalized spacial score (nSPS) is 13.8. The van der Waals surface area contributed by atoms with Gasteiger partial charge < -0.3 is 34.7 Å². The van der Waals surface area contributed by atoms with Crippen molar-refractivity contribution in [3.8, 4) is 5.75 Å². The molecule has 3 N–H and O–H groups in total. The van der Waals surface area contributed by atoms with E-state index in [9.17, 15) is 14.4 Å². The Bertz CT molecular complexity index is 2690. The van der Waals surface area contributed by atoms with Gasteiger partial charge in [-0.2, -0.15) is 5.10 Å². The number of aliphatic imine (C=N–C) groups is 1. The number of hydrogen-bond donors (Lipinski definition) is 3. The summed E-state index contributed by atoms with van der Waals surface area (Å²) in [4.78, 5) is 47.3. The highest BCUT2D eigenvalue weighted by molar-refractivity contribution is 7.12. The number of nitrogens with zero attached hydrogens (tertiary/aromatic N) is 6. The Morgan fingerprint density at radius 2 is 1.67 bits per heavy atom. The number of aryl methyl sites for hydroxylation is 3. The van der Waals surface area contributed by atoms with E-state index in [1.54, 1.807) is 23.6 Å². The number of anilines is 2. The number of rotatable bonds is 20. The minimum Gasteiger partial charge on any atom is -0.491 e. The van der Waals surface area contributed by atoms with Gasteiger partial charge in [-0.3, -0.25) is 19.4 Å². The zero-order valence-corrected chi connectivity index (χ0v) is 37.8.